The SMILES string of the molecule is CCOC(=O)CC(=O)NC(Sc1ncccc1C(=O)Nc1ccc(OC(F)(F)F)cc1)c1ccncc1. The summed E-state index contributed by atoms with van der Waals surface area (Å²) in [5.41, 5.74) is 1.02. The van der Waals surface area contributed by atoms with Gasteiger partial charge in [0.25, 0.3) is 5.91 Å². The molecule has 0 aliphatic carbocycles. The van der Waals surface area contributed by atoms with Crippen molar-refractivity contribution in [2.24, 2.45) is 0 Å². The molecule has 0 aliphatic heterocycles. The minimum absolute atomic E-state index is 0.138. The van der Waals surface area contributed by atoms with Gasteiger partial charge in [-0.2, -0.15) is 0 Å². The second-order valence-electron chi connectivity index (χ2n) is 7.21. The lowest BCUT2D eigenvalue weighted by atomic mass is 10.2. The van der Waals surface area contributed by atoms with Crippen molar-refractivity contribution in [3.8, 4) is 5.75 Å². The van der Waals surface area contributed by atoms with Crippen molar-refractivity contribution in [1.29, 1.82) is 0 Å². The summed E-state index contributed by atoms with van der Waals surface area (Å²) >= 11 is 1.06. The summed E-state index contributed by atoms with van der Waals surface area (Å²) in [6.07, 6.45) is -0.799. The Balaban J connectivity index is 1.77. The van der Waals surface area contributed by atoms with Crippen molar-refractivity contribution in [1.82, 2.24) is 15.3 Å². The Morgan fingerprint density at radius 3 is 2.38 bits per heavy atom. The molecule has 0 saturated carbocycles. The maximum Gasteiger partial charge on any atom is 0.573 e. The highest BCUT2D eigenvalue weighted by molar-refractivity contribution is 7.99. The van der Waals surface area contributed by atoms with E-state index in [1.54, 1.807) is 25.1 Å². The van der Waals surface area contributed by atoms with Crippen LogP contribution in [-0.4, -0.2) is 40.7 Å². The van der Waals surface area contributed by atoms with Gasteiger partial charge in [-0.05, 0) is 61.0 Å². The number of esters is 1. The van der Waals surface area contributed by atoms with Gasteiger partial charge in [0.05, 0.1) is 12.2 Å². The molecule has 2 heterocycles. The summed E-state index contributed by atoms with van der Waals surface area (Å²) in [6, 6.07) is 11.0. The van der Waals surface area contributed by atoms with E-state index in [4.69, 9.17) is 4.74 Å². The van der Waals surface area contributed by atoms with Crippen molar-refractivity contribution < 1.29 is 37.0 Å². The van der Waals surface area contributed by atoms with E-state index < -0.39 is 41.7 Å². The van der Waals surface area contributed by atoms with Crippen LogP contribution >= 0.6 is 11.8 Å². The minimum Gasteiger partial charge on any atom is -0.466 e. The maximum atomic E-state index is 13.0. The lowest BCUT2D eigenvalue weighted by Crippen LogP contribution is -2.29. The van der Waals surface area contributed by atoms with Gasteiger partial charge in [-0.15, -0.1) is 13.2 Å². The Labute approximate surface area is 213 Å². The van der Waals surface area contributed by atoms with Crippen molar-refractivity contribution in [2.75, 3.05) is 11.9 Å². The molecule has 2 aromatic heterocycles. The van der Waals surface area contributed by atoms with Gasteiger partial charge in [-0.3, -0.25) is 19.4 Å². The number of halogens is 3. The van der Waals surface area contributed by atoms with Gasteiger partial charge in [0.15, 0.2) is 0 Å². The molecule has 2 amide bonds. The van der Waals surface area contributed by atoms with Crippen LogP contribution in [-0.2, 0) is 14.3 Å². The van der Waals surface area contributed by atoms with E-state index in [-0.39, 0.29) is 22.9 Å². The van der Waals surface area contributed by atoms with Crippen LogP contribution in [0.3, 0.4) is 0 Å². The molecule has 1 unspecified atom stereocenters. The molecule has 0 radical (unpaired) electrons. The molecule has 0 spiro atoms. The highest BCUT2D eigenvalue weighted by atomic mass is 32.2. The largest absolute Gasteiger partial charge is 0.573 e. The van der Waals surface area contributed by atoms with Crippen LogP contribution in [0.15, 0.2) is 72.1 Å². The van der Waals surface area contributed by atoms with E-state index >= 15 is 0 Å². The number of amides is 2. The summed E-state index contributed by atoms with van der Waals surface area (Å²) < 4.78 is 45.7. The monoisotopic (exact) mass is 534 g/mol. The molecule has 37 heavy (non-hydrogen) atoms. The Morgan fingerprint density at radius 2 is 1.73 bits per heavy atom. The normalized spacial score (nSPS) is 11.8. The Kier molecular flexibility index (Phi) is 9.44. The quantitative estimate of drug-likeness (QED) is 0.169. The Morgan fingerprint density at radius 1 is 1.03 bits per heavy atom. The summed E-state index contributed by atoms with van der Waals surface area (Å²) in [6.45, 7) is 1.77. The van der Waals surface area contributed by atoms with Crippen LogP contribution in [0, 0.1) is 0 Å². The highest BCUT2D eigenvalue weighted by Gasteiger charge is 2.31. The summed E-state index contributed by atoms with van der Waals surface area (Å²) in [5.74, 6) is -2.27. The zero-order valence-corrected chi connectivity index (χ0v) is 20.1. The molecule has 0 bridgehead atoms. The number of anilines is 1. The van der Waals surface area contributed by atoms with E-state index in [0.29, 0.717) is 5.56 Å². The predicted octanol–water partition coefficient (Wildman–Crippen LogP) is 4.49. The Hall–Kier alpha value is -4.13. The number of nitrogens with one attached hydrogen (secondary N) is 2. The van der Waals surface area contributed by atoms with Gasteiger partial charge < -0.3 is 20.1 Å². The van der Waals surface area contributed by atoms with Crippen molar-refractivity contribution in [3.05, 3.63) is 78.2 Å². The number of carbonyl (C=O) groups excluding carboxylic acids is 3. The minimum atomic E-state index is -4.83. The molecule has 0 fully saturated rings. The number of pyridine rings is 2. The molecule has 0 aliphatic rings. The van der Waals surface area contributed by atoms with Crippen molar-refractivity contribution >= 4 is 35.2 Å². The van der Waals surface area contributed by atoms with E-state index in [1.807, 2.05) is 0 Å². The number of hydrogen-bond donors (Lipinski definition) is 2. The van der Waals surface area contributed by atoms with Gasteiger partial charge >= 0.3 is 12.3 Å². The molecule has 0 saturated heterocycles. The van der Waals surface area contributed by atoms with Crippen LogP contribution in [0.25, 0.3) is 0 Å². The third kappa shape index (κ3) is 8.79. The van der Waals surface area contributed by atoms with Gasteiger partial charge in [0, 0.05) is 24.3 Å². The number of nitrogens with zero attached hydrogens (tertiary/aromatic N) is 2. The molecule has 2 N–H and O–H groups in total. The Bertz CT molecular complexity index is 1230. The smallest absolute Gasteiger partial charge is 0.466 e. The molecular formula is C24H21F3N4O5S. The maximum absolute atomic E-state index is 13.0. The first kappa shape index (κ1) is 27.5. The van der Waals surface area contributed by atoms with Crippen LogP contribution in [0.2, 0.25) is 0 Å². The number of thioether (sulfide) groups is 1. The third-order valence-electron chi connectivity index (χ3n) is 4.50. The number of benzene rings is 1. The van der Waals surface area contributed by atoms with Crippen molar-refractivity contribution in [2.45, 2.75) is 30.1 Å². The van der Waals surface area contributed by atoms with E-state index in [9.17, 15) is 27.6 Å². The highest BCUT2D eigenvalue weighted by Crippen LogP contribution is 2.34. The third-order valence-corrected chi connectivity index (χ3v) is 5.68. The zero-order valence-electron chi connectivity index (χ0n) is 19.3. The zero-order chi connectivity index (χ0) is 26.8. The second-order valence-corrected chi connectivity index (χ2v) is 8.30. The summed E-state index contributed by atoms with van der Waals surface area (Å²) in [7, 11) is 0. The molecule has 3 aromatic rings. The molecule has 194 valence electrons. The number of rotatable bonds is 10. The molecule has 13 heteroatoms. The fraction of sp³-hybridized carbons (Fsp3) is 0.208. The lowest BCUT2D eigenvalue weighted by Gasteiger charge is -2.19. The van der Waals surface area contributed by atoms with Crippen LogP contribution < -0.4 is 15.4 Å². The van der Waals surface area contributed by atoms with E-state index in [1.165, 1.54) is 36.8 Å². The lowest BCUT2D eigenvalue weighted by molar-refractivity contribution is -0.274. The van der Waals surface area contributed by atoms with Crippen LogP contribution in [0.4, 0.5) is 18.9 Å². The summed E-state index contributed by atoms with van der Waals surface area (Å²) in [5, 5.41) is 4.85. The second kappa shape index (κ2) is 12.7. The van der Waals surface area contributed by atoms with Crippen LogP contribution in [0.1, 0.15) is 34.6 Å². The molecule has 9 nitrogen and oxygen atoms in total. The number of aromatic nitrogens is 2. The fourth-order valence-electron chi connectivity index (χ4n) is 2.97. The number of hydrogen-bond acceptors (Lipinski definition) is 8. The first-order valence-corrected chi connectivity index (χ1v) is 11.7. The average molecular weight is 535 g/mol. The first-order chi connectivity index (χ1) is 17.6. The molecule has 1 atom stereocenters. The van der Waals surface area contributed by atoms with E-state index in [2.05, 4.69) is 25.3 Å². The van der Waals surface area contributed by atoms with Gasteiger partial charge in [0.2, 0.25) is 5.91 Å². The van der Waals surface area contributed by atoms with Gasteiger partial charge in [0.1, 0.15) is 22.6 Å². The van der Waals surface area contributed by atoms with Gasteiger partial charge in [-0.25, -0.2) is 4.98 Å². The number of ether oxygens (including phenoxy) is 2. The molecule has 3 rings (SSSR count). The standard InChI is InChI=1S/C24H21F3N4O5S/c1-2-35-20(33)14-19(32)31-22(15-9-12-28-13-10-15)37-23-18(4-3-11-29-23)21(34)30-16-5-7-17(8-6-16)36-24(25,26)27/h3-13,22H,2,14H2,1H3,(H,30,34)(H,31,32). The predicted molar refractivity (Wildman–Crippen MR) is 128 cm³/mol. The van der Waals surface area contributed by atoms with Gasteiger partial charge in [-0.1, -0.05) is 11.8 Å². The fourth-order valence-corrected chi connectivity index (χ4v) is 4.08. The average Bonchev–Trinajstić information content (AvgIpc) is 2.85. The first-order valence-electron chi connectivity index (χ1n) is 10.8. The molecular weight excluding hydrogens is 513 g/mol. The summed E-state index contributed by atoms with van der Waals surface area (Å²) in [4.78, 5) is 45.4. The van der Waals surface area contributed by atoms with Crippen LogP contribution in [0.5, 0.6) is 5.75 Å². The number of alkyl halides is 3. The topological polar surface area (TPSA) is 120 Å². The number of carbonyl (C=O) groups is 3. The van der Waals surface area contributed by atoms with Crippen molar-refractivity contribution in [3.63, 3.8) is 0 Å². The van der Waals surface area contributed by atoms with E-state index in [0.717, 1.165) is 23.9 Å². The molecule has 1 aromatic carbocycles.